The van der Waals surface area contributed by atoms with Crippen LogP contribution in [0.2, 0.25) is 0 Å². The summed E-state index contributed by atoms with van der Waals surface area (Å²) in [5, 5.41) is 8.24. The molecule has 0 amide bonds. The number of ether oxygens (including phenoxy) is 2. The van der Waals surface area contributed by atoms with E-state index in [1.807, 2.05) is 17.0 Å². The molecule has 0 atom stereocenters. The van der Waals surface area contributed by atoms with Crippen molar-refractivity contribution in [2.45, 2.75) is 51.2 Å². The van der Waals surface area contributed by atoms with Crippen LogP contribution in [0, 0.1) is 6.92 Å². The molecule has 5 rings (SSSR count). The number of likely N-dealkylation sites (tertiary alicyclic amines) is 1. The van der Waals surface area contributed by atoms with Crippen molar-refractivity contribution in [3.63, 3.8) is 0 Å². The Morgan fingerprint density at radius 3 is 2.33 bits per heavy atom. The van der Waals surface area contributed by atoms with E-state index in [1.165, 1.54) is 31.4 Å². The van der Waals surface area contributed by atoms with Crippen molar-refractivity contribution in [3.05, 3.63) is 76.5 Å². The highest BCUT2D eigenvalue weighted by Crippen LogP contribution is 2.44. The molecular weight excluding hydrogens is 500 g/mol. The second kappa shape index (κ2) is 11.7. The molecule has 204 valence electrons. The lowest BCUT2D eigenvalue weighted by molar-refractivity contribution is 0.00700. The minimum atomic E-state index is -0.669. The number of aromatic nitrogens is 1. The Hall–Kier alpha value is -4.18. The molecule has 0 radical (unpaired) electrons. The van der Waals surface area contributed by atoms with Gasteiger partial charge in [0.15, 0.2) is 0 Å². The van der Waals surface area contributed by atoms with Crippen LogP contribution in [0.4, 0.5) is 0 Å². The fourth-order valence-electron chi connectivity index (χ4n) is 4.69. The smallest absolute Gasteiger partial charge is 0.365 e. The zero-order chi connectivity index (χ0) is 27.4. The maximum absolute atomic E-state index is 12.3. The third kappa shape index (κ3) is 6.12. The van der Waals surface area contributed by atoms with Gasteiger partial charge >= 0.3 is 11.9 Å². The van der Waals surface area contributed by atoms with E-state index in [4.69, 9.17) is 19.8 Å². The minimum absolute atomic E-state index is 0.0524. The van der Waals surface area contributed by atoms with Gasteiger partial charge < -0.3 is 29.5 Å². The van der Waals surface area contributed by atoms with Crippen molar-refractivity contribution in [2.75, 3.05) is 20.2 Å². The van der Waals surface area contributed by atoms with Gasteiger partial charge in [0, 0.05) is 30.1 Å². The number of aryl methyl sites for hydroxylation is 1. The molecule has 1 aromatic heterocycles. The van der Waals surface area contributed by atoms with Crippen LogP contribution >= 0.6 is 0 Å². The third-order valence-corrected chi connectivity index (χ3v) is 7.16. The van der Waals surface area contributed by atoms with Crippen molar-refractivity contribution in [2.24, 2.45) is 10.9 Å². The summed E-state index contributed by atoms with van der Waals surface area (Å²) in [6.07, 6.45) is 3.80. The summed E-state index contributed by atoms with van der Waals surface area (Å²) in [6, 6.07) is 14.1. The Bertz CT molecular complexity index is 1350. The molecule has 3 aromatic rings. The van der Waals surface area contributed by atoms with Gasteiger partial charge in [-0.05, 0) is 67.6 Å². The molecule has 2 aromatic carbocycles. The number of carbonyl (C=O) groups excluding carboxylic acids is 2. The average Bonchev–Trinajstić information content (AvgIpc) is 3.74. The number of benzene rings is 2. The molecule has 10 nitrogen and oxygen atoms in total. The molecule has 1 saturated heterocycles. The van der Waals surface area contributed by atoms with Crippen LogP contribution in [0.3, 0.4) is 0 Å². The molecule has 2 fully saturated rings. The van der Waals surface area contributed by atoms with E-state index in [0.717, 1.165) is 53.8 Å². The van der Waals surface area contributed by atoms with Gasteiger partial charge in [0.25, 0.3) is 0 Å². The number of nitrogens with two attached hydrogens (primary N) is 1. The first kappa shape index (κ1) is 26.4. The molecule has 1 aliphatic heterocycles. The van der Waals surface area contributed by atoms with E-state index in [0.29, 0.717) is 31.2 Å². The standard InChI is InChI=1S/C29H32N4O6/c1-18-5-3-4-6-23(18)25-24(26(38-31-25)19-7-8-19)17-37-22-13-15-33(16-14-22)29(30)32-39-28(35)21-11-9-20(10-12-21)27(34)36-2/h3-6,9-12,19,22H,7-8,13-17H2,1-2H3,(H2,30,32). The lowest BCUT2D eigenvalue weighted by Crippen LogP contribution is -2.44. The zero-order valence-corrected chi connectivity index (χ0v) is 22.1. The molecule has 10 heteroatoms. The molecule has 2 aliphatic rings. The number of nitrogens with zero attached hydrogens (tertiary/aromatic N) is 3. The average molecular weight is 533 g/mol. The van der Waals surface area contributed by atoms with Gasteiger partial charge in [0.2, 0.25) is 5.96 Å². The number of guanidine groups is 1. The van der Waals surface area contributed by atoms with Gasteiger partial charge in [-0.2, -0.15) is 0 Å². The van der Waals surface area contributed by atoms with E-state index in [-0.39, 0.29) is 17.6 Å². The van der Waals surface area contributed by atoms with Crippen LogP contribution in [0.25, 0.3) is 11.3 Å². The highest BCUT2D eigenvalue weighted by molar-refractivity contribution is 5.93. The SMILES string of the molecule is COC(=O)c1ccc(C(=O)O/N=C(\N)N2CCC(OCc3c(-c4ccccc4C)noc3C3CC3)CC2)cc1. The molecule has 1 aliphatic carbocycles. The molecule has 2 N–H and O–H groups in total. The number of oxime groups is 1. The molecule has 2 heterocycles. The van der Waals surface area contributed by atoms with Gasteiger partial charge in [-0.25, -0.2) is 9.59 Å². The predicted molar refractivity (Wildman–Crippen MR) is 143 cm³/mol. The lowest BCUT2D eigenvalue weighted by Gasteiger charge is -2.32. The van der Waals surface area contributed by atoms with Gasteiger partial charge in [0.05, 0.1) is 30.9 Å². The highest BCUT2D eigenvalue weighted by atomic mass is 16.7. The van der Waals surface area contributed by atoms with Crippen LogP contribution in [0.15, 0.2) is 58.2 Å². The molecular formula is C29H32N4O6. The quantitative estimate of drug-likeness (QED) is 0.148. The largest absolute Gasteiger partial charge is 0.465 e. The second-order valence-electron chi connectivity index (χ2n) is 9.86. The fraction of sp³-hybridized carbons (Fsp3) is 0.379. The van der Waals surface area contributed by atoms with Crippen LogP contribution in [0.5, 0.6) is 0 Å². The van der Waals surface area contributed by atoms with Crippen molar-refractivity contribution >= 4 is 17.9 Å². The number of methoxy groups -OCH3 is 1. The monoisotopic (exact) mass is 532 g/mol. The Kier molecular flexibility index (Phi) is 7.92. The van der Waals surface area contributed by atoms with E-state index in [1.54, 1.807) is 0 Å². The second-order valence-corrected chi connectivity index (χ2v) is 9.86. The van der Waals surface area contributed by atoms with E-state index >= 15 is 0 Å². The normalized spacial score (nSPS) is 16.3. The highest BCUT2D eigenvalue weighted by Gasteiger charge is 2.33. The Balaban J connectivity index is 1.14. The summed E-state index contributed by atoms with van der Waals surface area (Å²) in [7, 11) is 1.29. The Morgan fingerprint density at radius 1 is 1.03 bits per heavy atom. The summed E-state index contributed by atoms with van der Waals surface area (Å²) in [5.41, 5.74) is 10.8. The third-order valence-electron chi connectivity index (χ3n) is 7.16. The number of piperidine rings is 1. The van der Waals surface area contributed by atoms with Gasteiger partial charge in [-0.1, -0.05) is 29.4 Å². The minimum Gasteiger partial charge on any atom is -0.465 e. The van der Waals surface area contributed by atoms with Crippen molar-refractivity contribution < 1.29 is 28.4 Å². The van der Waals surface area contributed by atoms with Gasteiger partial charge in [0.1, 0.15) is 11.5 Å². The Morgan fingerprint density at radius 2 is 1.69 bits per heavy atom. The van der Waals surface area contributed by atoms with Crippen molar-refractivity contribution in [1.82, 2.24) is 10.1 Å². The summed E-state index contributed by atoms with van der Waals surface area (Å²) in [4.78, 5) is 30.7. The van der Waals surface area contributed by atoms with Crippen molar-refractivity contribution in [3.8, 4) is 11.3 Å². The molecule has 1 saturated carbocycles. The number of hydrogen-bond acceptors (Lipinski definition) is 8. The number of carbonyl (C=O) groups is 2. The zero-order valence-electron chi connectivity index (χ0n) is 22.1. The van der Waals surface area contributed by atoms with E-state index in [2.05, 4.69) is 34.1 Å². The molecule has 0 spiro atoms. The predicted octanol–water partition coefficient (Wildman–Crippen LogP) is 4.38. The van der Waals surface area contributed by atoms with Crippen LogP contribution < -0.4 is 5.73 Å². The van der Waals surface area contributed by atoms with Gasteiger partial charge in [-0.3, -0.25) is 0 Å². The lowest BCUT2D eigenvalue weighted by atomic mass is 10.0. The number of hydrogen-bond donors (Lipinski definition) is 1. The maximum atomic E-state index is 12.3. The van der Waals surface area contributed by atoms with E-state index < -0.39 is 11.9 Å². The Labute approximate surface area is 226 Å². The summed E-state index contributed by atoms with van der Waals surface area (Å²) in [6.45, 7) is 3.76. The summed E-state index contributed by atoms with van der Waals surface area (Å²) in [5.74, 6) is 0.354. The van der Waals surface area contributed by atoms with Crippen LogP contribution in [0.1, 0.15) is 69.2 Å². The maximum Gasteiger partial charge on any atom is 0.365 e. The van der Waals surface area contributed by atoms with Crippen LogP contribution in [-0.2, 0) is 20.9 Å². The fourth-order valence-corrected chi connectivity index (χ4v) is 4.69. The van der Waals surface area contributed by atoms with Gasteiger partial charge in [-0.15, -0.1) is 0 Å². The topological polar surface area (TPSA) is 129 Å². The summed E-state index contributed by atoms with van der Waals surface area (Å²) < 4.78 is 16.8. The summed E-state index contributed by atoms with van der Waals surface area (Å²) >= 11 is 0. The van der Waals surface area contributed by atoms with Crippen molar-refractivity contribution in [1.29, 1.82) is 0 Å². The van der Waals surface area contributed by atoms with Crippen LogP contribution in [-0.4, -0.2) is 54.3 Å². The molecule has 0 unspecified atom stereocenters. The first-order chi connectivity index (χ1) is 18.9. The first-order valence-electron chi connectivity index (χ1n) is 13.1. The first-order valence-corrected chi connectivity index (χ1v) is 13.1. The molecule has 39 heavy (non-hydrogen) atoms. The van der Waals surface area contributed by atoms with E-state index in [9.17, 15) is 9.59 Å². The molecule has 0 bridgehead atoms. The number of rotatable bonds is 8. The number of esters is 1.